The van der Waals surface area contributed by atoms with Gasteiger partial charge in [-0.2, -0.15) is 0 Å². The van der Waals surface area contributed by atoms with E-state index >= 15 is 0 Å². The van der Waals surface area contributed by atoms with Gasteiger partial charge in [-0.3, -0.25) is 0 Å². The van der Waals surface area contributed by atoms with Gasteiger partial charge in [-0.25, -0.2) is 9.37 Å². The van der Waals surface area contributed by atoms with Crippen LogP contribution in [-0.4, -0.2) is 20.3 Å². The summed E-state index contributed by atoms with van der Waals surface area (Å²) >= 11 is 6.04. The van der Waals surface area contributed by atoms with Gasteiger partial charge < -0.3 is 9.67 Å². The van der Waals surface area contributed by atoms with Crippen LogP contribution < -0.4 is 0 Å². The summed E-state index contributed by atoms with van der Waals surface area (Å²) in [6.07, 6.45) is 4.08. The molecule has 0 atom stereocenters. The second kappa shape index (κ2) is 5.31. The Labute approximate surface area is 116 Å². The molecule has 102 valence electrons. The molecule has 0 amide bonds. The van der Waals surface area contributed by atoms with Gasteiger partial charge in [-0.15, -0.1) is 0 Å². The predicted octanol–water partition coefficient (Wildman–Crippen LogP) is 3.50. The van der Waals surface area contributed by atoms with Crippen molar-refractivity contribution in [3.63, 3.8) is 0 Å². The smallest absolute Gasteiger partial charge is 0.141 e. The molecule has 0 fully saturated rings. The normalized spacial score (nSPS) is 11.8. The Morgan fingerprint density at radius 2 is 2.16 bits per heavy atom. The van der Waals surface area contributed by atoms with Crippen LogP contribution in [-0.2, 0) is 6.54 Å². The van der Waals surface area contributed by atoms with Crippen LogP contribution in [0.15, 0.2) is 30.6 Å². The molecule has 2 aromatic rings. The van der Waals surface area contributed by atoms with Crippen LogP contribution in [0, 0.1) is 5.82 Å². The van der Waals surface area contributed by atoms with Gasteiger partial charge in [-0.05, 0) is 38.5 Å². The van der Waals surface area contributed by atoms with Crippen molar-refractivity contribution in [3.8, 4) is 11.4 Å². The van der Waals surface area contributed by atoms with Gasteiger partial charge in [0.1, 0.15) is 11.6 Å². The van der Waals surface area contributed by atoms with Crippen molar-refractivity contribution >= 4 is 11.6 Å². The fourth-order valence-corrected chi connectivity index (χ4v) is 2.05. The van der Waals surface area contributed by atoms with E-state index in [4.69, 9.17) is 11.6 Å². The van der Waals surface area contributed by atoms with Crippen molar-refractivity contribution in [2.24, 2.45) is 0 Å². The molecule has 0 radical (unpaired) electrons. The summed E-state index contributed by atoms with van der Waals surface area (Å²) in [6, 6.07) is 4.24. The summed E-state index contributed by atoms with van der Waals surface area (Å²) in [7, 11) is 0. The van der Waals surface area contributed by atoms with Crippen molar-refractivity contribution in [1.29, 1.82) is 0 Å². The fraction of sp³-hybridized carbons (Fsp3) is 0.357. The molecule has 0 saturated carbocycles. The SMILES string of the molecule is CC(C)(O)CCn1ccnc1-c1ccc(F)cc1Cl. The van der Waals surface area contributed by atoms with Crippen LogP contribution in [0.5, 0.6) is 0 Å². The lowest BCUT2D eigenvalue weighted by Gasteiger charge is -2.18. The standard InChI is InChI=1S/C14H16ClFN2O/c1-14(2,19)5-7-18-8-6-17-13(18)11-4-3-10(16)9-12(11)15/h3-4,6,8-9,19H,5,7H2,1-2H3. The Morgan fingerprint density at radius 3 is 2.79 bits per heavy atom. The molecular weight excluding hydrogens is 267 g/mol. The van der Waals surface area contributed by atoms with Gasteiger partial charge in [0.05, 0.1) is 10.6 Å². The maximum absolute atomic E-state index is 13.0. The summed E-state index contributed by atoms with van der Waals surface area (Å²) in [4.78, 5) is 4.25. The quantitative estimate of drug-likeness (QED) is 0.932. The van der Waals surface area contributed by atoms with Gasteiger partial charge in [-0.1, -0.05) is 11.6 Å². The number of hydrogen-bond donors (Lipinski definition) is 1. The number of hydrogen-bond acceptors (Lipinski definition) is 2. The topological polar surface area (TPSA) is 38.0 Å². The number of aromatic nitrogens is 2. The van der Waals surface area contributed by atoms with Crippen LogP contribution in [0.3, 0.4) is 0 Å². The molecule has 0 spiro atoms. The maximum Gasteiger partial charge on any atom is 0.141 e. The first-order chi connectivity index (χ1) is 8.87. The van der Waals surface area contributed by atoms with E-state index in [-0.39, 0.29) is 5.82 Å². The second-order valence-electron chi connectivity index (χ2n) is 5.13. The number of benzene rings is 1. The molecule has 0 aliphatic rings. The fourth-order valence-electron chi connectivity index (χ4n) is 1.80. The van der Waals surface area contributed by atoms with Crippen molar-refractivity contribution in [1.82, 2.24) is 9.55 Å². The minimum absolute atomic E-state index is 0.329. The minimum atomic E-state index is -0.742. The number of nitrogens with zero attached hydrogens (tertiary/aromatic N) is 2. The summed E-state index contributed by atoms with van der Waals surface area (Å²) in [5.41, 5.74) is -0.0578. The summed E-state index contributed by atoms with van der Waals surface area (Å²) in [5, 5.41) is 10.1. The highest BCUT2D eigenvalue weighted by atomic mass is 35.5. The van der Waals surface area contributed by atoms with Gasteiger partial charge in [0.25, 0.3) is 0 Å². The second-order valence-corrected chi connectivity index (χ2v) is 5.54. The molecule has 5 heteroatoms. The highest BCUT2D eigenvalue weighted by molar-refractivity contribution is 6.33. The van der Waals surface area contributed by atoms with E-state index < -0.39 is 5.60 Å². The first-order valence-corrected chi connectivity index (χ1v) is 6.43. The zero-order valence-corrected chi connectivity index (χ0v) is 11.7. The van der Waals surface area contributed by atoms with Gasteiger partial charge >= 0.3 is 0 Å². The monoisotopic (exact) mass is 282 g/mol. The zero-order valence-electron chi connectivity index (χ0n) is 10.9. The molecule has 1 N–H and O–H groups in total. The largest absolute Gasteiger partial charge is 0.390 e. The van der Waals surface area contributed by atoms with Crippen molar-refractivity contribution in [2.75, 3.05) is 0 Å². The summed E-state index contributed by atoms with van der Waals surface area (Å²) < 4.78 is 14.9. The molecule has 1 aromatic heterocycles. The Balaban J connectivity index is 2.28. The van der Waals surface area contributed by atoms with E-state index in [9.17, 15) is 9.50 Å². The number of rotatable bonds is 4. The van der Waals surface area contributed by atoms with E-state index in [1.807, 2.05) is 10.8 Å². The van der Waals surface area contributed by atoms with Crippen LogP contribution in [0.2, 0.25) is 5.02 Å². The molecule has 0 bridgehead atoms. The molecule has 1 aromatic carbocycles. The van der Waals surface area contributed by atoms with Crippen molar-refractivity contribution in [3.05, 3.63) is 41.4 Å². The Hall–Kier alpha value is -1.39. The average Bonchev–Trinajstić information content (AvgIpc) is 2.73. The molecule has 1 heterocycles. The first kappa shape index (κ1) is 14.0. The Bertz CT molecular complexity index is 575. The number of aryl methyl sites for hydroxylation is 1. The summed E-state index contributed by atoms with van der Waals surface area (Å²) in [6.45, 7) is 4.13. The molecule has 0 aliphatic heterocycles. The maximum atomic E-state index is 13.0. The lowest BCUT2D eigenvalue weighted by Crippen LogP contribution is -2.21. The van der Waals surface area contributed by atoms with Gasteiger partial charge in [0.2, 0.25) is 0 Å². The van der Waals surface area contributed by atoms with Crippen LogP contribution in [0.25, 0.3) is 11.4 Å². The minimum Gasteiger partial charge on any atom is -0.390 e. The van der Waals surface area contributed by atoms with Crippen molar-refractivity contribution in [2.45, 2.75) is 32.4 Å². The molecular formula is C14H16ClFN2O. The van der Waals surface area contributed by atoms with Gasteiger partial charge in [0.15, 0.2) is 0 Å². The zero-order chi connectivity index (χ0) is 14.0. The lowest BCUT2D eigenvalue weighted by atomic mass is 10.1. The molecule has 0 unspecified atom stereocenters. The van der Waals surface area contributed by atoms with Crippen LogP contribution >= 0.6 is 11.6 Å². The first-order valence-electron chi connectivity index (χ1n) is 6.06. The summed E-state index contributed by atoms with van der Waals surface area (Å²) in [5.74, 6) is 0.303. The highest BCUT2D eigenvalue weighted by Gasteiger charge is 2.15. The number of aliphatic hydroxyl groups is 1. The van der Waals surface area contributed by atoms with E-state index in [1.165, 1.54) is 12.1 Å². The van der Waals surface area contributed by atoms with Crippen molar-refractivity contribution < 1.29 is 9.50 Å². The molecule has 3 nitrogen and oxygen atoms in total. The predicted molar refractivity (Wildman–Crippen MR) is 73.5 cm³/mol. The molecule has 0 aliphatic carbocycles. The Morgan fingerprint density at radius 1 is 1.42 bits per heavy atom. The lowest BCUT2D eigenvalue weighted by molar-refractivity contribution is 0.0663. The van der Waals surface area contributed by atoms with E-state index in [0.29, 0.717) is 29.4 Å². The van der Waals surface area contributed by atoms with Crippen LogP contribution in [0.4, 0.5) is 4.39 Å². The van der Waals surface area contributed by atoms with Gasteiger partial charge in [0, 0.05) is 24.5 Å². The highest BCUT2D eigenvalue weighted by Crippen LogP contribution is 2.27. The number of halogens is 2. The van der Waals surface area contributed by atoms with E-state index in [1.54, 1.807) is 26.1 Å². The van der Waals surface area contributed by atoms with E-state index in [2.05, 4.69) is 4.98 Å². The molecule has 0 saturated heterocycles. The van der Waals surface area contributed by atoms with Crippen LogP contribution in [0.1, 0.15) is 20.3 Å². The van der Waals surface area contributed by atoms with E-state index in [0.717, 1.165) is 0 Å². The third kappa shape index (κ3) is 3.55. The third-order valence-electron chi connectivity index (χ3n) is 2.85. The number of imidazole rings is 1. The third-order valence-corrected chi connectivity index (χ3v) is 3.16. The molecule has 2 rings (SSSR count). The molecule has 19 heavy (non-hydrogen) atoms. The average molecular weight is 283 g/mol. The Kier molecular flexibility index (Phi) is 3.92.